The lowest BCUT2D eigenvalue weighted by Crippen LogP contribution is -2.37. The number of amides is 1. The van der Waals surface area contributed by atoms with Crippen molar-refractivity contribution in [2.75, 3.05) is 18.6 Å². The van der Waals surface area contributed by atoms with Crippen LogP contribution in [0, 0.1) is 6.92 Å². The summed E-state index contributed by atoms with van der Waals surface area (Å²) in [7, 11) is 0. The van der Waals surface area contributed by atoms with Gasteiger partial charge in [0.05, 0.1) is 0 Å². The molecule has 0 aliphatic heterocycles. The molecule has 18 heavy (non-hydrogen) atoms. The lowest BCUT2D eigenvalue weighted by atomic mass is 10.1. The molecule has 1 aromatic rings. The summed E-state index contributed by atoms with van der Waals surface area (Å²) < 4.78 is 0.965. The zero-order chi connectivity index (χ0) is 13.5. The fourth-order valence-corrected chi connectivity index (χ4v) is 2.83. The maximum absolute atomic E-state index is 12.1. The molecular weight excluding hydrogens is 314 g/mol. The van der Waals surface area contributed by atoms with E-state index in [2.05, 4.69) is 21.2 Å². The van der Waals surface area contributed by atoms with Crippen molar-refractivity contribution in [1.82, 2.24) is 5.32 Å². The number of carbonyl (C=O) groups is 1. The van der Waals surface area contributed by atoms with Gasteiger partial charge in [-0.3, -0.25) is 4.79 Å². The highest BCUT2D eigenvalue weighted by atomic mass is 79.9. The molecule has 1 rings (SSSR count). The van der Waals surface area contributed by atoms with Gasteiger partial charge in [-0.15, -0.1) is 0 Å². The molecule has 1 unspecified atom stereocenters. The molecule has 1 amide bonds. The molecule has 0 radical (unpaired) electrons. The fourth-order valence-electron chi connectivity index (χ4n) is 1.70. The summed E-state index contributed by atoms with van der Waals surface area (Å²) in [6.07, 6.45) is 2.57. The van der Waals surface area contributed by atoms with Gasteiger partial charge in [-0.25, -0.2) is 0 Å². The average Bonchev–Trinajstić information content (AvgIpc) is 2.29. The predicted octanol–water partition coefficient (Wildman–Crippen LogP) is 2.60. The number of benzene rings is 1. The van der Waals surface area contributed by atoms with E-state index >= 15 is 0 Å². The van der Waals surface area contributed by atoms with E-state index in [0.717, 1.165) is 15.8 Å². The average molecular weight is 332 g/mol. The molecule has 0 heterocycles. The van der Waals surface area contributed by atoms with Gasteiger partial charge in [0.15, 0.2) is 0 Å². The summed E-state index contributed by atoms with van der Waals surface area (Å²) in [5, 5.41) is 11.9. The van der Waals surface area contributed by atoms with Crippen molar-refractivity contribution in [2.24, 2.45) is 0 Å². The van der Waals surface area contributed by atoms with Crippen LogP contribution in [0.5, 0.6) is 0 Å². The van der Waals surface area contributed by atoms with E-state index in [1.807, 2.05) is 31.4 Å². The molecule has 0 bridgehead atoms. The first kappa shape index (κ1) is 15.5. The van der Waals surface area contributed by atoms with Crippen molar-refractivity contribution in [3.63, 3.8) is 0 Å². The minimum atomic E-state index is -0.0764. The topological polar surface area (TPSA) is 49.3 Å². The van der Waals surface area contributed by atoms with E-state index in [4.69, 9.17) is 5.11 Å². The number of hydrogen-bond donors (Lipinski definition) is 2. The number of aliphatic hydroxyl groups is 1. The number of thioether (sulfide) groups is 1. The largest absolute Gasteiger partial charge is 0.396 e. The summed E-state index contributed by atoms with van der Waals surface area (Å²) in [5.41, 5.74) is 1.62. The maximum atomic E-state index is 12.1. The Morgan fingerprint density at radius 3 is 2.83 bits per heavy atom. The third kappa shape index (κ3) is 4.63. The van der Waals surface area contributed by atoms with Crippen molar-refractivity contribution in [2.45, 2.75) is 19.4 Å². The van der Waals surface area contributed by atoms with Crippen LogP contribution < -0.4 is 5.32 Å². The molecule has 3 nitrogen and oxygen atoms in total. The Morgan fingerprint density at radius 1 is 1.56 bits per heavy atom. The van der Waals surface area contributed by atoms with Crippen molar-refractivity contribution in [3.05, 3.63) is 33.8 Å². The van der Waals surface area contributed by atoms with Gasteiger partial charge in [0.2, 0.25) is 0 Å². The van der Waals surface area contributed by atoms with Crippen LogP contribution in [0.15, 0.2) is 22.7 Å². The van der Waals surface area contributed by atoms with Crippen molar-refractivity contribution in [1.29, 1.82) is 0 Å². The first-order chi connectivity index (χ1) is 8.58. The molecule has 0 saturated heterocycles. The molecule has 100 valence electrons. The van der Waals surface area contributed by atoms with Gasteiger partial charge in [-0.2, -0.15) is 11.8 Å². The zero-order valence-electron chi connectivity index (χ0n) is 10.6. The molecule has 5 heteroatoms. The lowest BCUT2D eigenvalue weighted by Gasteiger charge is -2.17. The Hall–Kier alpha value is -0.520. The van der Waals surface area contributed by atoms with Crippen LogP contribution in [-0.4, -0.2) is 35.7 Å². The zero-order valence-corrected chi connectivity index (χ0v) is 13.0. The van der Waals surface area contributed by atoms with Gasteiger partial charge in [0, 0.05) is 28.4 Å². The molecule has 0 spiro atoms. The molecule has 1 atom stereocenters. The third-order valence-electron chi connectivity index (χ3n) is 2.61. The summed E-state index contributed by atoms with van der Waals surface area (Å²) in [4.78, 5) is 12.1. The van der Waals surface area contributed by atoms with Crippen molar-refractivity contribution < 1.29 is 9.90 Å². The van der Waals surface area contributed by atoms with E-state index in [-0.39, 0.29) is 18.6 Å². The van der Waals surface area contributed by atoms with E-state index in [0.29, 0.717) is 12.0 Å². The monoisotopic (exact) mass is 331 g/mol. The van der Waals surface area contributed by atoms with Crippen LogP contribution in [0.4, 0.5) is 0 Å². The van der Waals surface area contributed by atoms with Gasteiger partial charge >= 0.3 is 0 Å². The van der Waals surface area contributed by atoms with Crippen molar-refractivity contribution >= 4 is 33.6 Å². The number of nitrogens with one attached hydrogen (secondary N) is 1. The number of aryl methyl sites for hydroxylation is 1. The molecule has 0 aliphatic carbocycles. The second kappa shape index (κ2) is 7.81. The Kier molecular flexibility index (Phi) is 6.75. The third-order valence-corrected chi connectivity index (χ3v) is 3.84. The molecule has 0 aromatic heterocycles. The lowest BCUT2D eigenvalue weighted by molar-refractivity contribution is 0.0934. The quantitative estimate of drug-likeness (QED) is 0.842. The minimum Gasteiger partial charge on any atom is -0.396 e. The van der Waals surface area contributed by atoms with Crippen LogP contribution in [0.3, 0.4) is 0 Å². The second-order valence-electron chi connectivity index (χ2n) is 4.10. The van der Waals surface area contributed by atoms with Crippen LogP contribution in [0.1, 0.15) is 22.3 Å². The smallest absolute Gasteiger partial charge is 0.251 e. The molecule has 2 N–H and O–H groups in total. The van der Waals surface area contributed by atoms with Gasteiger partial charge in [0.1, 0.15) is 0 Å². The maximum Gasteiger partial charge on any atom is 0.251 e. The highest BCUT2D eigenvalue weighted by Gasteiger charge is 2.14. The van der Waals surface area contributed by atoms with Gasteiger partial charge in [0.25, 0.3) is 5.91 Å². The Morgan fingerprint density at radius 2 is 2.28 bits per heavy atom. The number of hydrogen-bond acceptors (Lipinski definition) is 3. The Bertz CT molecular complexity index is 406. The summed E-state index contributed by atoms with van der Waals surface area (Å²) >= 11 is 5.04. The standard InChI is InChI=1S/C13H18BrNO2S/c1-9-7-10(14)3-4-12(9)13(17)15-11(5-6-16)8-18-2/h3-4,7,11,16H,5-6,8H2,1-2H3,(H,15,17). The van der Waals surface area contributed by atoms with Crippen LogP contribution in [0.2, 0.25) is 0 Å². The number of rotatable bonds is 6. The normalized spacial score (nSPS) is 12.2. The minimum absolute atomic E-state index is 0.0144. The van der Waals surface area contributed by atoms with Crippen LogP contribution in [0.25, 0.3) is 0 Å². The van der Waals surface area contributed by atoms with Crippen LogP contribution >= 0.6 is 27.7 Å². The van der Waals surface area contributed by atoms with E-state index < -0.39 is 0 Å². The second-order valence-corrected chi connectivity index (χ2v) is 5.92. The Labute approximate surface area is 120 Å². The van der Waals surface area contributed by atoms with Gasteiger partial charge in [-0.05, 0) is 43.4 Å². The van der Waals surface area contributed by atoms with Crippen LogP contribution in [-0.2, 0) is 0 Å². The summed E-state index contributed by atoms with van der Waals surface area (Å²) in [5.74, 6) is 0.731. The molecule has 0 aliphatic rings. The first-order valence-electron chi connectivity index (χ1n) is 5.75. The van der Waals surface area contributed by atoms with Gasteiger partial charge in [-0.1, -0.05) is 15.9 Å². The van der Waals surface area contributed by atoms with E-state index in [9.17, 15) is 4.79 Å². The molecular formula is C13H18BrNO2S. The first-order valence-corrected chi connectivity index (χ1v) is 7.94. The number of aliphatic hydroxyl groups excluding tert-OH is 1. The summed E-state index contributed by atoms with van der Waals surface area (Å²) in [6.45, 7) is 2.00. The van der Waals surface area contributed by atoms with E-state index in [1.165, 1.54) is 0 Å². The van der Waals surface area contributed by atoms with E-state index in [1.54, 1.807) is 11.8 Å². The number of halogens is 1. The van der Waals surface area contributed by atoms with Crippen molar-refractivity contribution in [3.8, 4) is 0 Å². The highest BCUT2D eigenvalue weighted by Crippen LogP contribution is 2.16. The SMILES string of the molecule is CSCC(CCO)NC(=O)c1ccc(Br)cc1C. The number of carbonyl (C=O) groups excluding carboxylic acids is 1. The highest BCUT2D eigenvalue weighted by molar-refractivity contribution is 9.10. The van der Waals surface area contributed by atoms with Gasteiger partial charge < -0.3 is 10.4 Å². The predicted molar refractivity (Wildman–Crippen MR) is 80.2 cm³/mol. The molecule has 0 fully saturated rings. The summed E-state index contributed by atoms with van der Waals surface area (Å²) in [6, 6.07) is 5.60. The molecule has 1 aromatic carbocycles. The Balaban J connectivity index is 2.73. The fraction of sp³-hybridized carbons (Fsp3) is 0.462. The molecule has 0 saturated carbocycles.